The quantitative estimate of drug-likeness (QED) is 0.754. The summed E-state index contributed by atoms with van der Waals surface area (Å²) in [7, 11) is 1.52. The molecule has 9 heteroatoms. The molecule has 2 aliphatic heterocycles. The van der Waals surface area contributed by atoms with Gasteiger partial charge >= 0.3 is 0 Å². The lowest BCUT2D eigenvalue weighted by Gasteiger charge is -2.46. The molecule has 4 heterocycles. The zero-order valence-corrected chi connectivity index (χ0v) is 15.0. The third-order valence-corrected chi connectivity index (χ3v) is 5.96. The Labute approximate surface area is 153 Å². The monoisotopic (exact) mass is 375 g/mol. The predicted molar refractivity (Wildman–Crippen MR) is 96.3 cm³/mol. The van der Waals surface area contributed by atoms with Gasteiger partial charge in [0.15, 0.2) is 0 Å². The molecule has 0 bridgehead atoms. The first-order valence-corrected chi connectivity index (χ1v) is 9.21. The van der Waals surface area contributed by atoms with E-state index in [2.05, 4.69) is 9.88 Å². The van der Waals surface area contributed by atoms with Crippen LogP contribution in [-0.2, 0) is 4.74 Å². The van der Waals surface area contributed by atoms with Crippen molar-refractivity contribution in [3.05, 3.63) is 30.2 Å². The van der Waals surface area contributed by atoms with Crippen LogP contribution in [0.3, 0.4) is 0 Å². The van der Waals surface area contributed by atoms with Crippen LogP contribution in [0, 0.1) is 5.82 Å². The minimum Gasteiger partial charge on any atom is -0.496 e. The molecule has 1 aromatic carbocycles. The van der Waals surface area contributed by atoms with Gasteiger partial charge in [-0.05, 0) is 18.6 Å². The van der Waals surface area contributed by atoms with Crippen LogP contribution < -0.4 is 15.4 Å². The van der Waals surface area contributed by atoms with Crippen LogP contribution in [-0.4, -0.2) is 53.0 Å². The molecule has 136 valence electrons. The van der Waals surface area contributed by atoms with Crippen molar-refractivity contribution in [2.24, 2.45) is 5.73 Å². The maximum absolute atomic E-state index is 13.5. The Morgan fingerprint density at radius 1 is 1.42 bits per heavy atom. The van der Waals surface area contributed by atoms with Gasteiger partial charge in [0.1, 0.15) is 17.2 Å². The zero-order valence-electron chi connectivity index (χ0n) is 14.2. The normalized spacial score (nSPS) is 21.5. The molecule has 3 aromatic rings. The van der Waals surface area contributed by atoms with E-state index in [4.69, 9.17) is 20.3 Å². The van der Waals surface area contributed by atoms with Gasteiger partial charge < -0.3 is 20.1 Å². The molecule has 1 unspecified atom stereocenters. The lowest BCUT2D eigenvalue weighted by atomic mass is 9.90. The van der Waals surface area contributed by atoms with Gasteiger partial charge in [-0.1, -0.05) is 11.3 Å². The van der Waals surface area contributed by atoms with Crippen LogP contribution in [0.1, 0.15) is 6.42 Å². The number of methoxy groups -OCH3 is 1. The van der Waals surface area contributed by atoms with Crippen molar-refractivity contribution >= 4 is 21.4 Å². The van der Waals surface area contributed by atoms with Crippen molar-refractivity contribution in [3.63, 3.8) is 0 Å². The van der Waals surface area contributed by atoms with E-state index in [1.807, 2.05) is 0 Å². The summed E-state index contributed by atoms with van der Waals surface area (Å²) < 4.78 is 26.4. The molecule has 0 radical (unpaired) electrons. The molecule has 1 spiro atoms. The largest absolute Gasteiger partial charge is 0.496 e. The Morgan fingerprint density at radius 2 is 2.27 bits per heavy atom. The number of hydrogen-bond donors (Lipinski definition) is 1. The van der Waals surface area contributed by atoms with Gasteiger partial charge in [0, 0.05) is 17.7 Å². The number of rotatable bonds is 3. The Bertz CT molecular complexity index is 981. The number of aromatic nitrogens is 3. The Morgan fingerprint density at radius 3 is 3.00 bits per heavy atom. The molecular formula is C17H18FN5O2S. The number of nitrogens with two attached hydrogens (primary N) is 1. The number of nitrogens with zero attached hydrogens (tertiary/aromatic N) is 4. The van der Waals surface area contributed by atoms with Gasteiger partial charge in [-0.2, -0.15) is 0 Å². The molecule has 0 saturated carbocycles. The summed E-state index contributed by atoms with van der Waals surface area (Å²) in [5, 5.41) is 5.60. The third kappa shape index (κ3) is 2.38. The molecule has 0 aliphatic carbocycles. The van der Waals surface area contributed by atoms with Crippen LogP contribution in [0.25, 0.3) is 16.2 Å². The van der Waals surface area contributed by atoms with E-state index in [-0.39, 0.29) is 17.5 Å². The maximum atomic E-state index is 13.5. The number of anilines is 1. The van der Waals surface area contributed by atoms with Crippen molar-refractivity contribution in [2.45, 2.75) is 18.1 Å². The highest BCUT2D eigenvalue weighted by molar-refractivity contribution is 7.20. The lowest BCUT2D eigenvalue weighted by molar-refractivity contribution is -0.0183. The standard InChI is InChI=1S/C17H18FN5O2S/c1-24-14-4-10(18)2-3-12(14)13-6-20-15-23(13)21-16(26-15)22-8-17(9-22)5-11(19)7-25-17/h2-4,6,11H,5,7-9,19H2,1H3. The van der Waals surface area contributed by atoms with Crippen LogP contribution >= 0.6 is 11.3 Å². The molecule has 2 fully saturated rings. The van der Waals surface area contributed by atoms with Crippen molar-refractivity contribution in [3.8, 4) is 17.0 Å². The second-order valence-electron chi connectivity index (χ2n) is 6.88. The summed E-state index contributed by atoms with van der Waals surface area (Å²) >= 11 is 1.52. The third-order valence-electron chi connectivity index (χ3n) is 4.98. The van der Waals surface area contributed by atoms with Crippen molar-refractivity contribution in [2.75, 3.05) is 31.7 Å². The molecule has 2 aliphatic rings. The van der Waals surface area contributed by atoms with Gasteiger partial charge in [0.2, 0.25) is 10.1 Å². The van der Waals surface area contributed by atoms with Crippen molar-refractivity contribution in [1.29, 1.82) is 0 Å². The van der Waals surface area contributed by atoms with Crippen LogP contribution in [0.2, 0.25) is 0 Å². The fourth-order valence-electron chi connectivity index (χ4n) is 3.76. The van der Waals surface area contributed by atoms with Gasteiger partial charge in [0.05, 0.1) is 38.7 Å². The molecule has 1 atom stereocenters. The molecule has 2 N–H and O–H groups in total. The number of ether oxygens (including phenoxy) is 2. The highest BCUT2D eigenvalue weighted by atomic mass is 32.1. The van der Waals surface area contributed by atoms with E-state index in [0.717, 1.165) is 40.9 Å². The molecule has 0 amide bonds. The number of halogens is 1. The van der Waals surface area contributed by atoms with Crippen LogP contribution in [0.5, 0.6) is 5.75 Å². The summed E-state index contributed by atoms with van der Waals surface area (Å²) in [5.74, 6) is 0.114. The number of benzene rings is 1. The van der Waals surface area contributed by atoms with E-state index >= 15 is 0 Å². The Kier molecular flexibility index (Phi) is 3.46. The topological polar surface area (TPSA) is 77.9 Å². The highest BCUT2D eigenvalue weighted by Gasteiger charge is 2.50. The molecule has 7 nitrogen and oxygen atoms in total. The fourth-order valence-corrected chi connectivity index (χ4v) is 4.63. The van der Waals surface area contributed by atoms with Gasteiger partial charge in [-0.15, -0.1) is 5.10 Å². The second-order valence-corrected chi connectivity index (χ2v) is 7.82. The van der Waals surface area contributed by atoms with E-state index in [1.54, 1.807) is 16.8 Å². The number of imidazole rings is 1. The van der Waals surface area contributed by atoms with E-state index in [9.17, 15) is 4.39 Å². The lowest BCUT2D eigenvalue weighted by Crippen LogP contribution is -2.62. The van der Waals surface area contributed by atoms with E-state index < -0.39 is 0 Å². The summed E-state index contributed by atoms with van der Waals surface area (Å²) in [4.78, 5) is 7.41. The van der Waals surface area contributed by atoms with Crippen molar-refractivity contribution < 1.29 is 13.9 Å². The van der Waals surface area contributed by atoms with E-state index in [0.29, 0.717) is 12.4 Å². The smallest absolute Gasteiger partial charge is 0.214 e. The fraction of sp³-hybridized carbons (Fsp3) is 0.412. The van der Waals surface area contributed by atoms with Gasteiger partial charge in [-0.25, -0.2) is 13.9 Å². The molecule has 26 heavy (non-hydrogen) atoms. The van der Waals surface area contributed by atoms with Crippen LogP contribution in [0.4, 0.5) is 9.52 Å². The average Bonchev–Trinajstić information content (AvgIpc) is 3.27. The molecule has 2 saturated heterocycles. The molecule has 2 aromatic heterocycles. The van der Waals surface area contributed by atoms with E-state index in [1.165, 1.54) is 30.6 Å². The molecular weight excluding hydrogens is 357 g/mol. The zero-order chi connectivity index (χ0) is 17.9. The molecule has 5 rings (SSSR count). The summed E-state index contributed by atoms with van der Waals surface area (Å²) in [6.45, 7) is 2.22. The predicted octanol–water partition coefficient (Wildman–Crippen LogP) is 1.91. The maximum Gasteiger partial charge on any atom is 0.214 e. The minimum absolute atomic E-state index is 0.115. The van der Waals surface area contributed by atoms with Gasteiger partial charge in [-0.3, -0.25) is 0 Å². The van der Waals surface area contributed by atoms with Crippen molar-refractivity contribution in [1.82, 2.24) is 14.6 Å². The summed E-state index contributed by atoms with van der Waals surface area (Å²) in [6, 6.07) is 4.58. The highest BCUT2D eigenvalue weighted by Crippen LogP contribution is 2.40. The van der Waals surface area contributed by atoms with Crippen LogP contribution in [0.15, 0.2) is 24.4 Å². The second kappa shape index (κ2) is 5.63. The first-order valence-electron chi connectivity index (χ1n) is 8.40. The Balaban J connectivity index is 1.46. The summed E-state index contributed by atoms with van der Waals surface area (Å²) in [5.41, 5.74) is 7.37. The first-order chi connectivity index (χ1) is 12.6. The SMILES string of the molecule is COc1cc(F)ccc1-c1cnc2sc(N3CC4(CC(N)CO4)C3)nn12. The summed E-state index contributed by atoms with van der Waals surface area (Å²) in [6.07, 6.45) is 2.62. The minimum atomic E-state index is -0.342. The number of fused-ring (bicyclic) bond motifs is 1. The Hall–Kier alpha value is -2.23. The average molecular weight is 375 g/mol. The first kappa shape index (κ1) is 16.0. The number of hydrogen-bond acceptors (Lipinski definition) is 7. The van der Waals surface area contributed by atoms with Gasteiger partial charge in [0.25, 0.3) is 0 Å².